The summed E-state index contributed by atoms with van der Waals surface area (Å²) in [5.74, 6) is 0.0242. The largest absolute Gasteiger partial charge is 0.495 e. The van der Waals surface area contributed by atoms with Crippen LogP contribution in [0.4, 0.5) is 5.69 Å². The van der Waals surface area contributed by atoms with Crippen molar-refractivity contribution in [2.75, 3.05) is 19.0 Å². The molecule has 0 radical (unpaired) electrons. The van der Waals surface area contributed by atoms with Crippen molar-refractivity contribution in [3.8, 4) is 5.75 Å². The Morgan fingerprint density at radius 1 is 1.50 bits per heavy atom. The summed E-state index contributed by atoms with van der Waals surface area (Å²) in [6, 6.07) is 4.02. The van der Waals surface area contributed by atoms with Gasteiger partial charge in [0, 0.05) is 6.61 Å². The maximum Gasteiger partial charge on any atom is 0.253 e. The van der Waals surface area contributed by atoms with Crippen molar-refractivity contribution in [1.82, 2.24) is 0 Å². The number of rotatable bonds is 4. The zero-order valence-corrected chi connectivity index (χ0v) is 11.8. The summed E-state index contributed by atoms with van der Waals surface area (Å²) in [6.45, 7) is 0.548. The van der Waals surface area contributed by atoms with E-state index in [0.717, 1.165) is 6.42 Å². The Morgan fingerprint density at radius 2 is 2.25 bits per heavy atom. The lowest BCUT2D eigenvalue weighted by Gasteiger charge is -2.14. The summed E-state index contributed by atoms with van der Waals surface area (Å²) in [7, 11) is -2.42. The summed E-state index contributed by atoms with van der Waals surface area (Å²) in [5, 5.41) is 7.67. The van der Waals surface area contributed by atoms with Crippen molar-refractivity contribution in [3.05, 3.63) is 18.2 Å². The van der Waals surface area contributed by atoms with Gasteiger partial charge in [0.05, 0.1) is 17.7 Å². The number of ether oxygens (including phenoxy) is 2. The molecule has 1 aromatic rings. The van der Waals surface area contributed by atoms with Gasteiger partial charge in [0.2, 0.25) is 10.0 Å². The number of carbonyl (C=O) groups excluding carboxylic acids is 1. The normalized spacial score (nSPS) is 18.8. The lowest BCUT2D eigenvalue weighted by atomic mass is 10.2. The number of hydrogen-bond donors (Lipinski definition) is 2. The van der Waals surface area contributed by atoms with Gasteiger partial charge in [-0.15, -0.1) is 0 Å². The van der Waals surface area contributed by atoms with Crippen LogP contribution in [0, 0.1) is 0 Å². The molecule has 8 heteroatoms. The van der Waals surface area contributed by atoms with E-state index in [1.165, 1.54) is 25.3 Å². The molecule has 0 spiro atoms. The molecule has 110 valence electrons. The quantitative estimate of drug-likeness (QED) is 0.840. The highest BCUT2D eigenvalue weighted by Crippen LogP contribution is 2.28. The summed E-state index contributed by atoms with van der Waals surface area (Å²) >= 11 is 0. The van der Waals surface area contributed by atoms with Gasteiger partial charge in [-0.3, -0.25) is 4.79 Å². The van der Waals surface area contributed by atoms with Gasteiger partial charge in [0.25, 0.3) is 5.91 Å². The number of nitrogens with two attached hydrogens (primary N) is 1. The molecule has 1 heterocycles. The first-order valence-corrected chi connectivity index (χ1v) is 7.60. The van der Waals surface area contributed by atoms with E-state index in [0.29, 0.717) is 18.8 Å². The minimum absolute atomic E-state index is 0.0964. The highest BCUT2D eigenvalue weighted by molar-refractivity contribution is 7.89. The van der Waals surface area contributed by atoms with Crippen LogP contribution in [0.1, 0.15) is 12.8 Å². The molecule has 7 nitrogen and oxygen atoms in total. The van der Waals surface area contributed by atoms with E-state index < -0.39 is 16.1 Å². The van der Waals surface area contributed by atoms with Crippen LogP contribution >= 0.6 is 0 Å². The Balaban J connectivity index is 2.26. The van der Waals surface area contributed by atoms with Gasteiger partial charge in [-0.05, 0) is 31.0 Å². The second-order valence-electron chi connectivity index (χ2n) is 4.40. The van der Waals surface area contributed by atoms with Crippen LogP contribution in [0.5, 0.6) is 5.75 Å². The maximum atomic E-state index is 12.0. The van der Waals surface area contributed by atoms with Gasteiger partial charge in [0.15, 0.2) is 0 Å². The van der Waals surface area contributed by atoms with E-state index in [2.05, 4.69) is 5.32 Å². The van der Waals surface area contributed by atoms with Crippen molar-refractivity contribution in [3.63, 3.8) is 0 Å². The standard InChI is InChI=1S/C12H16N2O5S/c1-18-10-5-4-8(20(13,16)17)7-9(10)14-12(15)11-3-2-6-19-11/h4-5,7,11H,2-3,6H2,1H3,(H,14,15)(H2,13,16,17). The molecular weight excluding hydrogens is 284 g/mol. The van der Waals surface area contributed by atoms with Crippen LogP contribution in [0.2, 0.25) is 0 Å². The molecule has 1 fully saturated rings. The molecule has 1 unspecified atom stereocenters. The summed E-state index contributed by atoms with van der Waals surface area (Å²) in [6.07, 6.45) is 0.952. The molecular formula is C12H16N2O5S. The van der Waals surface area contributed by atoms with Gasteiger partial charge in [-0.2, -0.15) is 0 Å². The zero-order chi connectivity index (χ0) is 14.8. The Bertz CT molecular complexity index is 608. The van der Waals surface area contributed by atoms with Gasteiger partial charge >= 0.3 is 0 Å². The number of carbonyl (C=O) groups is 1. The summed E-state index contributed by atoms with van der Waals surface area (Å²) < 4.78 is 33.0. The number of hydrogen-bond acceptors (Lipinski definition) is 5. The Morgan fingerprint density at radius 3 is 2.80 bits per heavy atom. The lowest BCUT2D eigenvalue weighted by molar-refractivity contribution is -0.124. The highest BCUT2D eigenvalue weighted by atomic mass is 32.2. The van der Waals surface area contributed by atoms with Crippen molar-refractivity contribution in [2.45, 2.75) is 23.8 Å². The van der Waals surface area contributed by atoms with Crippen molar-refractivity contribution >= 4 is 21.6 Å². The van der Waals surface area contributed by atoms with E-state index in [4.69, 9.17) is 14.6 Å². The molecule has 1 saturated heterocycles. The second kappa shape index (κ2) is 5.78. The van der Waals surface area contributed by atoms with Gasteiger partial charge < -0.3 is 14.8 Å². The fourth-order valence-corrected chi connectivity index (χ4v) is 2.50. The number of anilines is 1. The molecule has 0 bridgehead atoms. The van der Waals surface area contributed by atoms with Crippen molar-refractivity contribution in [1.29, 1.82) is 0 Å². The number of amides is 1. The third-order valence-corrected chi connectivity index (χ3v) is 3.89. The van der Waals surface area contributed by atoms with Gasteiger partial charge in [0.1, 0.15) is 11.9 Å². The number of nitrogens with one attached hydrogen (secondary N) is 1. The fourth-order valence-electron chi connectivity index (χ4n) is 1.96. The number of benzene rings is 1. The molecule has 1 aliphatic heterocycles. The minimum Gasteiger partial charge on any atom is -0.495 e. The third-order valence-electron chi connectivity index (χ3n) is 2.98. The molecule has 0 saturated carbocycles. The molecule has 2 rings (SSSR count). The number of primary sulfonamides is 1. The molecule has 3 N–H and O–H groups in total. The Hall–Kier alpha value is -1.64. The van der Waals surface area contributed by atoms with Crippen molar-refractivity contribution < 1.29 is 22.7 Å². The van der Waals surface area contributed by atoms with E-state index >= 15 is 0 Å². The van der Waals surface area contributed by atoms with E-state index in [9.17, 15) is 13.2 Å². The summed E-state index contributed by atoms with van der Waals surface area (Å²) in [4.78, 5) is 11.9. The van der Waals surface area contributed by atoms with Crippen LogP contribution < -0.4 is 15.2 Å². The molecule has 0 aliphatic carbocycles. The average Bonchev–Trinajstić information content (AvgIpc) is 2.91. The molecule has 1 amide bonds. The molecule has 1 atom stereocenters. The third kappa shape index (κ3) is 3.27. The van der Waals surface area contributed by atoms with Gasteiger partial charge in [-0.1, -0.05) is 0 Å². The zero-order valence-electron chi connectivity index (χ0n) is 11.0. The van der Waals surface area contributed by atoms with Crippen molar-refractivity contribution in [2.24, 2.45) is 5.14 Å². The predicted octanol–water partition coefficient (Wildman–Crippen LogP) is 0.460. The maximum absolute atomic E-state index is 12.0. The second-order valence-corrected chi connectivity index (χ2v) is 5.96. The van der Waals surface area contributed by atoms with Crippen LogP contribution in [-0.2, 0) is 19.6 Å². The molecule has 20 heavy (non-hydrogen) atoms. The van der Waals surface area contributed by atoms with Crippen LogP contribution in [0.15, 0.2) is 23.1 Å². The first-order chi connectivity index (χ1) is 9.41. The van der Waals surface area contributed by atoms with Crippen LogP contribution in [-0.4, -0.2) is 34.1 Å². The predicted molar refractivity (Wildman–Crippen MR) is 72.0 cm³/mol. The molecule has 1 aliphatic rings. The highest BCUT2D eigenvalue weighted by Gasteiger charge is 2.24. The average molecular weight is 300 g/mol. The lowest BCUT2D eigenvalue weighted by Crippen LogP contribution is -2.27. The number of methoxy groups -OCH3 is 1. The Kier molecular flexibility index (Phi) is 4.26. The van der Waals surface area contributed by atoms with Crippen LogP contribution in [0.25, 0.3) is 0 Å². The number of sulfonamides is 1. The van der Waals surface area contributed by atoms with E-state index in [1.54, 1.807) is 0 Å². The smallest absolute Gasteiger partial charge is 0.253 e. The van der Waals surface area contributed by atoms with E-state index in [1.807, 2.05) is 0 Å². The fraction of sp³-hybridized carbons (Fsp3) is 0.417. The molecule has 1 aromatic carbocycles. The minimum atomic E-state index is -3.84. The SMILES string of the molecule is COc1ccc(S(N)(=O)=O)cc1NC(=O)C1CCCO1. The Labute approximate surface area is 117 Å². The topological polar surface area (TPSA) is 108 Å². The summed E-state index contributed by atoms with van der Waals surface area (Å²) in [5.41, 5.74) is 0.250. The molecule has 0 aromatic heterocycles. The monoisotopic (exact) mass is 300 g/mol. The first kappa shape index (κ1) is 14.8. The first-order valence-electron chi connectivity index (χ1n) is 6.05. The van der Waals surface area contributed by atoms with Crippen LogP contribution in [0.3, 0.4) is 0 Å². The van der Waals surface area contributed by atoms with Gasteiger partial charge in [-0.25, -0.2) is 13.6 Å². The van der Waals surface area contributed by atoms with E-state index in [-0.39, 0.29) is 16.5 Å².